The minimum absolute atomic E-state index is 0.0195. The number of nitrogen functional groups attached to an aromatic ring is 2. The van der Waals surface area contributed by atoms with Crippen molar-refractivity contribution in [2.75, 3.05) is 25.7 Å². The van der Waals surface area contributed by atoms with Gasteiger partial charge in [0.1, 0.15) is 11.6 Å². The van der Waals surface area contributed by atoms with Gasteiger partial charge in [-0.3, -0.25) is 0 Å². The number of benzene rings is 2. The first kappa shape index (κ1) is 30.3. The van der Waals surface area contributed by atoms with Crippen LogP contribution in [0.4, 0.5) is 11.6 Å². The number of halogens is 5. The molecule has 15 heteroatoms. The van der Waals surface area contributed by atoms with E-state index in [1.165, 1.54) is 20.3 Å². The molecule has 2 aromatic heterocycles. The van der Waals surface area contributed by atoms with Crippen molar-refractivity contribution in [2.45, 2.75) is 0 Å². The molecule has 0 aliphatic rings. The van der Waals surface area contributed by atoms with Crippen LogP contribution < -0.4 is 11.5 Å². The van der Waals surface area contributed by atoms with Gasteiger partial charge in [0, 0.05) is 17.2 Å². The van der Waals surface area contributed by atoms with Crippen molar-refractivity contribution >= 4 is 85.9 Å². The fourth-order valence-electron chi connectivity index (χ4n) is 2.97. The molecule has 0 bridgehead atoms. The summed E-state index contributed by atoms with van der Waals surface area (Å²) in [6, 6.07) is 11.4. The van der Waals surface area contributed by atoms with Crippen molar-refractivity contribution in [2.24, 2.45) is 0 Å². The number of nitrogens with zero attached hydrogens (tertiary/aromatic N) is 4. The number of esters is 2. The van der Waals surface area contributed by atoms with Gasteiger partial charge in [-0.1, -0.05) is 58.5 Å². The molecule has 0 aliphatic heterocycles. The first-order valence-electron chi connectivity index (χ1n) is 10.5. The lowest BCUT2D eigenvalue weighted by atomic mass is 10.2. The van der Waals surface area contributed by atoms with Crippen LogP contribution in [0.25, 0.3) is 22.8 Å². The molecule has 0 saturated heterocycles. The SMILES string of the molecule is COC(=O)c1cc(N)nc(-c2cccc(Cl)c2Cl)n1.COC(=O)c1nc(-c2cccc(Cl)c2Cl)nc(N)c1Br. The van der Waals surface area contributed by atoms with E-state index in [1.54, 1.807) is 36.4 Å². The summed E-state index contributed by atoms with van der Waals surface area (Å²) in [6.45, 7) is 0. The van der Waals surface area contributed by atoms with E-state index in [1.807, 2.05) is 0 Å². The Morgan fingerprint density at radius 2 is 1.28 bits per heavy atom. The molecule has 2 heterocycles. The van der Waals surface area contributed by atoms with E-state index in [9.17, 15) is 9.59 Å². The number of carbonyl (C=O) groups is 2. The molecule has 4 rings (SSSR count). The van der Waals surface area contributed by atoms with Gasteiger partial charge in [0.05, 0.1) is 38.8 Å². The second-order valence-corrected chi connectivity index (χ2v) is 9.65. The van der Waals surface area contributed by atoms with Crippen molar-refractivity contribution in [3.05, 3.63) is 78.4 Å². The molecule has 0 spiro atoms. The molecule has 0 atom stereocenters. The number of carbonyl (C=O) groups excluding carboxylic acids is 2. The quantitative estimate of drug-likeness (QED) is 0.232. The van der Waals surface area contributed by atoms with Gasteiger partial charge in [0.15, 0.2) is 23.0 Å². The Labute approximate surface area is 250 Å². The van der Waals surface area contributed by atoms with Crippen LogP contribution in [0.2, 0.25) is 20.1 Å². The number of rotatable bonds is 4. The van der Waals surface area contributed by atoms with Gasteiger partial charge in [-0.15, -0.1) is 0 Å². The summed E-state index contributed by atoms with van der Waals surface area (Å²) in [5.41, 5.74) is 12.4. The molecular weight excluding hydrogens is 658 g/mol. The van der Waals surface area contributed by atoms with E-state index in [0.29, 0.717) is 26.2 Å². The van der Waals surface area contributed by atoms with Crippen LogP contribution in [0.15, 0.2) is 46.9 Å². The summed E-state index contributed by atoms with van der Waals surface area (Å²) >= 11 is 27.2. The lowest BCUT2D eigenvalue weighted by Crippen LogP contribution is -2.10. The lowest BCUT2D eigenvalue weighted by molar-refractivity contribution is 0.0585. The van der Waals surface area contributed by atoms with Gasteiger partial charge >= 0.3 is 11.9 Å². The predicted molar refractivity (Wildman–Crippen MR) is 154 cm³/mol. The highest BCUT2D eigenvalue weighted by molar-refractivity contribution is 9.10. The average molecular weight is 675 g/mol. The van der Waals surface area contributed by atoms with Crippen LogP contribution in [0.3, 0.4) is 0 Å². The highest BCUT2D eigenvalue weighted by Crippen LogP contribution is 2.34. The van der Waals surface area contributed by atoms with Crippen molar-refractivity contribution < 1.29 is 19.1 Å². The molecule has 0 unspecified atom stereocenters. The van der Waals surface area contributed by atoms with Crippen LogP contribution >= 0.6 is 62.3 Å². The van der Waals surface area contributed by atoms with E-state index in [-0.39, 0.29) is 44.2 Å². The third kappa shape index (κ3) is 7.06. The molecule has 10 nitrogen and oxygen atoms in total. The zero-order chi connectivity index (χ0) is 28.9. The van der Waals surface area contributed by atoms with Crippen molar-refractivity contribution in [3.63, 3.8) is 0 Å². The average Bonchev–Trinajstić information content (AvgIpc) is 2.92. The van der Waals surface area contributed by atoms with Crippen LogP contribution in [0.1, 0.15) is 21.0 Å². The van der Waals surface area contributed by atoms with Crippen molar-refractivity contribution in [3.8, 4) is 22.8 Å². The van der Waals surface area contributed by atoms with E-state index < -0.39 is 11.9 Å². The first-order chi connectivity index (χ1) is 18.5. The maximum absolute atomic E-state index is 11.7. The van der Waals surface area contributed by atoms with Gasteiger partial charge in [0.2, 0.25) is 0 Å². The highest BCUT2D eigenvalue weighted by Gasteiger charge is 2.20. The molecule has 4 N–H and O–H groups in total. The summed E-state index contributed by atoms with van der Waals surface area (Å²) in [4.78, 5) is 39.5. The zero-order valence-electron chi connectivity index (χ0n) is 20.0. The van der Waals surface area contributed by atoms with E-state index in [2.05, 4.69) is 45.3 Å². The Bertz CT molecular complexity index is 1570. The number of methoxy groups -OCH3 is 2. The van der Waals surface area contributed by atoms with Gasteiger partial charge in [-0.25, -0.2) is 29.5 Å². The maximum Gasteiger partial charge on any atom is 0.358 e. The second kappa shape index (κ2) is 13.2. The fraction of sp³-hybridized carbons (Fsp3) is 0.0833. The normalized spacial score (nSPS) is 10.3. The van der Waals surface area contributed by atoms with Gasteiger partial charge in [0.25, 0.3) is 0 Å². The Morgan fingerprint density at radius 1 is 0.769 bits per heavy atom. The summed E-state index contributed by atoms with van der Waals surface area (Å²) in [5.74, 6) is -0.585. The Kier molecular flexibility index (Phi) is 10.3. The molecule has 0 saturated carbocycles. The van der Waals surface area contributed by atoms with Gasteiger partial charge in [-0.05, 0) is 40.2 Å². The number of hydrogen-bond donors (Lipinski definition) is 2. The molecule has 39 heavy (non-hydrogen) atoms. The number of nitrogens with two attached hydrogens (primary N) is 2. The predicted octanol–water partition coefficient (Wildman–Crippen LogP) is 6.40. The highest BCUT2D eigenvalue weighted by atomic mass is 79.9. The minimum atomic E-state index is -0.634. The number of ether oxygens (including phenoxy) is 2. The van der Waals surface area contributed by atoms with E-state index >= 15 is 0 Å². The van der Waals surface area contributed by atoms with E-state index in [4.69, 9.17) is 57.9 Å². The summed E-state index contributed by atoms with van der Waals surface area (Å²) in [5, 5.41) is 1.30. The summed E-state index contributed by atoms with van der Waals surface area (Å²) in [6.07, 6.45) is 0. The fourth-order valence-corrected chi connectivity index (χ4v) is 4.07. The van der Waals surface area contributed by atoms with Crippen LogP contribution in [-0.4, -0.2) is 46.1 Å². The van der Waals surface area contributed by atoms with Crippen molar-refractivity contribution in [1.29, 1.82) is 0 Å². The zero-order valence-corrected chi connectivity index (χ0v) is 24.6. The van der Waals surface area contributed by atoms with Crippen LogP contribution in [0, 0.1) is 0 Å². The van der Waals surface area contributed by atoms with Gasteiger partial charge in [-0.2, -0.15) is 0 Å². The maximum atomic E-state index is 11.7. The molecule has 0 amide bonds. The molecule has 0 fully saturated rings. The Morgan fingerprint density at radius 3 is 1.79 bits per heavy atom. The monoisotopic (exact) mass is 672 g/mol. The van der Waals surface area contributed by atoms with Crippen LogP contribution in [0.5, 0.6) is 0 Å². The number of hydrogen-bond acceptors (Lipinski definition) is 10. The first-order valence-corrected chi connectivity index (χ1v) is 12.8. The third-order valence-electron chi connectivity index (χ3n) is 4.78. The molecule has 202 valence electrons. The largest absolute Gasteiger partial charge is 0.464 e. The Balaban J connectivity index is 0.000000216. The minimum Gasteiger partial charge on any atom is -0.464 e. The smallest absolute Gasteiger partial charge is 0.358 e. The van der Waals surface area contributed by atoms with Gasteiger partial charge < -0.3 is 20.9 Å². The second-order valence-electron chi connectivity index (χ2n) is 7.28. The third-order valence-corrected chi connectivity index (χ3v) is 7.20. The Hall–Kier alpha value is -3.22. The molecule has 2 aromatic carbocycles. The number of aromatic nitrogens is 4. The van der Waals surface area contributed by atoms with Crippen molar-refractivity contribution in [1.82, 2.24) is 19.9 Å². The molecule has 4 aromatic rings. The molecular formula is C24H17BrCl4N6O4. The molecule has 0 aliphatic carbocycles. The lowest BCUT2D eigenvalue weighted by Gasteiger charge is -2.09. The topological polar surface area (TPSA) is 156 Å². The summed E-state index contributed by atoms with van der Waals surface area (Å²) in [7, 11) is 2.51. The molecule has 0 radical (unpaired) electrons. The summed E-state index contributed by atoms with van der Waals surface area (Å²) < 4.78 is 9.51. The van der Waals surface area contributed by atoms with Crippen LogP contribution in [-0.2, 0) is 9.47 Å². The van der Waals surface area contributed by atoms with E-state index in [0.717, 1.165) is 0 Å². The number of anilines is 2. The standard InChI is InChI=1S/C12H8BrCl2N3O2.C12H9Cl2N3O2/c1-20-12(19)9-7(13)10(16)18-11(17-9)5-3-2-4-6(14)8(5)15;1-19-12(18)8-5-9(15)17-11(16-8)6-3-2-4-7(13)10(6)14/h2-4H,1H3,(H2,16,17,18);2-5H,1H3,(H2,15,16,17).